The second-order valence-corrected chi connectivity index (χ2v) is 4.63. The van der Waals surface area contributed by atoms with E-state index in [9.17, 15) is 0 Å². The van der Waals surface area contributed by atoms with Gasteiger partial charge in [0.25, 0.3) is 0 Å². The first-order valence-corrected chi connectivity index (χ1v) is 6.33. The molecule has 0 bridgehead atoms. The normalized spacial score (nSPS) is 10.8. The highest BCUT2D eigenvalue weighted by Gasteiger charge is 2.06. The van der Waals surface area contributed by atoms with Crippen LogP contribution in [0.15, 0.2) is 48.7 Å². The summed E-state index contributed by atoms with van der Waals surface area (Å²) in [7, 11) is 1.68. The molecule has 0 saturated heterocycles. The number of hydrogen-bond donors (Lipinski definition) is 0. The zero-order valence-electron chi connectivity index (χ0n) is 11.1. The lowest BCUT2D eigenvalue weighted by molar-refractivity contribution is 0.414. The standard InChI is InChI=1S/C16H16N2O/c1-12-4-3-5-14-11-17-16(18(12)14)10-13-6-8-15(19-2)9-7-13/h3-9,11H,10H2,1-2H3. The average molecular weight is 252 g/mol. The van der Waals surface area contributed by atoms with Crippen molar-refractivity contribution in [2.24, 2.45) is 0 Å². The van der Waals surface area contributed by atoms with Gasteiger partial charge < -0.3 is 9.14 Å². The molecule has 0 N–H and O–H groups in total. The van der Waals surface area contributed by atoms with Crippen molar-refractivity contribution < 1.29 is 4.74 Å². The van der Waals surface area contributed by atoms with E-state index in [1.807, 2.05) is 18.3 Å². The van der Waals surface area contributed by atoms with Crippen molar-refractivity contribution in [2.45, 2.75) is 13.3 Å². The highest BCUT2D eigenvalue weighted by atomic mass is 16.5. The van der Waals surface area contributed by atoms with E-state index in [0.29, 0.717) is 0 Å². The van der Waals surface area contributed by atoms with Gasteiger partial charge in [-0.25, -0.2) is 4.98 Å². The van der Waals surface area contributed by atoms with Crippen LogP contribution in [0.3, 0.4) is 0 Å². The van der Waals surface area contributed by atoms with Crippen molar-refractivity contribution in [3.8, 4) is 5.75 Å². The summed E-state index contributed by atoms with van der Waals surface area (Å²) >= 11 is 0. The average Bonchev–Trinajstić information content (AvgIpc) is 2.84. The Hall–Kier alpha value is -2.29. The summed E-state index contributed by atoms with van der Waals surface area (Å²) in [6.07, 6.45) is 2.74. The third kappa shape index (κ3) is 2.19. The lowest BCUT2D eigenvalue weighted by Crippen LogP contribution is -1.99. The van der Waals surface area contributed by atoms with Crippen LogP contribution in [-0.4, -0.2) is 16.5 Å². The molecule has 0 spiro atoms. The second kappa shape index (κ2) is 4.76. The van der Waals surface area contributed by atoms with Crippen LogP contribution in [0.4, 0.5) is 0 Å². The maximum Gasteiger partial charge on any atom is 0.118 e. The van der Waals surface area contributed by atoms with Crippen LogP contribution in [-0.2, 0) is 6.42 Å². The first-order valence-electron chi connectivity index (χ1n) is 6.33. The summed E-state index contributed by atoms with van der Waals surface area (Å²) in [4.78, 5) is 4.53. The van der Waals surface area contributed by atoms with E-state index >= 15 is 0 Å². The van der Waals surface area contributed by atoms with E-state index in [4.69, 9.17) is 4.74 Å². The molecular formula is C16H16N2O. The van der Waals surface area contributed by atoms with Crippen molar-refractivity contribution in [1.29, 1.82) is 0 Å². The molecule has 0 unspecified atom stereocenters. The zero-order valence-corrected chi connectivity index (χ0v) is 11.1. The fraction of sp³-hybridized carbons (Fsp3) is 0.188. The number of aryl methyl sites for hydroxylation is 1. The molecule has 96 valence electrons. The number of benzene rings is 1. The molecule has 0 aliphatic heterocycles. The van der Waals surface area contributed by atoms with Crippen LogP contribution >= 0.6 is 0 Å². The summed E-state index contributed by atoms with van der Waals surface area (Å²) in [6.45, 7) is 2.10. The minimum absolute atomic E-state index is 0.822. The number of rotatable bonds is 3. The molecule has 0 amide bonds. The molecule has 3 rings (SSSR count). The molecular weight excluding hydrogens is 236 g/mol. The van der Waals surface area contributed by atoms with Crippen LogP contribution in [0.1, 0.15) is 17.1 Å². The summed E-state index contributed by atoms with van der Waals surface area (Å²) in [6, 6.07) is 14.4. The lowest BCUT2D eigenvalue weighted by Gasteiger charge is -2.06. The number of hydrogen-bond acceptors (Lipinski definition) is 2. The number of imidazole rings is 1. The lowest BCUT2D eigenvalue weighted by atomic mass is 10.1. The Morgan fingerprint density at radius 3 is 2.63 bits per heavy atom. The molecule has 3 aromatic rings. The summed E-state index contributed by atoms with van der Waals surface area (Å²) in [5, 5.41) is 0. The predicted octanol–water partition coefficient (Wildman–Crippen LogP) is 3.24. The van der Waals surface area contributed by atoms with E-state index in [0.717, 1.165) is 23.5 Å². The monoisotopic (exact) mass is 252 g/mol. The number of fused-ring (bicyclic) bond motifs is 1. The highest BCUT2D eigenvalue weighted by Crippen LogP contribution is 2.16. The zero-order chi connectivity index (χ0) is 13.2. The number of nitrogens with zero attached hydrogens (tertiary/aromatic N) is 2. The topological polar surface area (TPSA) is 26.5 Å². The van der Waals surface area contributed by atoms with Gasteiger partial charge in [-0.15, -0.1) is 0 Å². The maximum atomic E-state index is 5.17. The van der Waals surface area contributed by atoms with E-state index in [1.54, 1.807) is 7.11 Å². The summed E-state index contributed by atoms with van der Waals surface area (Å²) in [5.74, 6) is 1.95. The Kier molecular flexibility index (Phi) is 2.95. The van der Waals surface area contributed by atoms with Crippen LogP contribution in [0.2, 0.25) is 0 Å². The Labute approximate surface area is 112 Å². The minimum Gasteiger partial charge on any atom is -0.497 e. The molecule has 0 aliphatic carbocycles. The van der Waals surface area contributed by atoms with Gasteiger partial charge in [0.15, 0.2) is 0 Å². The number of methoxy groups -OCH3 is 1. The van der Waals surface area contributed by atoms with E-state index in [1.165, 1.54) is 11.3 Å². The second-order valence-electron chi connectivity index (χ2n) is 4.63. The van der Waals surface area contributed by atoms with Gasteiger partial charge in [-0.1, -0.05) is 18.2 Å². The molecule has 19 heavy (non-hydrogen) atoms. The van der Waals surface area contributed by atoms with E-state index in [-0.39, 0.29) is 0 Å². The van der Waals surface area contributed by atoms with Crippen molar-refractivity contribution in [3.05, 3.63) is 65.7 Å². The van der Waals surface area contributed by atoms with Gasteiger partial charge in [0.2, 0.25) is 0 Å². The van der Waals surface area contributed by atoms with Crippen LogP contribution in [0.25, 0.3) is 5.52 Å². The molecule has 2 aromatic heterocycles. The Morgan fingerprint density at radius 2 is 1.89 bits per heavy atom. The molecule has 0 fully saturated rings. The maximum absolute atomic E-state index is 5.17. The number of pyridine rings is 1. The fourth-order valence-corrected chi connectivity index (χ4v) is 2.34. The number of ether oxygens (including phenoxy) is 1. The molecule has 3 nitrogen and oxygen atoms in total. The quantitative estimate of drug-likeness (QED) is 0.715. The molecule has 0 saturated carbocycles. The molecule has 1 aromatic carbocycles. The van der Waals surface area contributed by atoms with Gasteiger partial charge in [-0.3, -0.25) is 0 Å². The molecule has 3 heteroatoms. The highest BCUT2D eigenvalue weighted by molar-refractivity contribution is 5.48. The fourth-order valence-electron chi connectivity index (χ4n) is 2.34. The van der Waals surface area contributed by atoms with Gasteiger partial charge in [0.05, 0.1) is 18.8 Å². The molecule has 2 heterocycles. The smallest absolute Gasteiger partial charge is 0.118 e. The summed E-state index contributed by atoms with van der Waals surface area (Å²) < 4.78 is 7.37. The van der Waals surface area contributed by atoms with Gasteiger partial charge in [0, 0.05) is 12.1 Å². The third-order valence-corrected chi connectivity index (χ3v) is 3.34. The van der Waals surface area contributed by atoms with Crippen molar-refractivity contribution in [3.63, 3.8) is 0 Å². The van der Waals surface area contributed by atoms with Gasteiger partial charge in [-0.05, 0) is 36.8 Å². The Balaban J connectivity index is 1.96. The predicted molar refractivity (Wildman–Crippen MR) is 75.7 cm³/mol. The number of aromatic nitrogens is 2. The Morgan fingerprint density at radius 1 is 1.11 bits per heavy atom. The van der Waals surface area contributed by atoms with Crippen LogP contribution in [0.5, 0.6) is 5.75 Å². The molecule has 0 atom stereocenters. The minimum atomic E-state index is 0.822. The summed E-state index contributed by atoms with van der Waals surface area (Å²) in [5.41, 5.74) is 3.58. The molecule has 0 radical (unpaired) electrons. The van der Waals surface area contributed by atoms with Gasteiger partial charge >= 0.3 is 0 Å². The van der Waals surface area contributed by atoms with Crippen molar-refractivity contribution in [1.82, 2.24) is 9.38 Å². The van der Waals surface area contributed by atoms with E-state index in [2.05, 4.69) is 46.6 Å². The van der Waals surface area contributed by atoms with E-state index < -0.39 is 0 Å². The van der Waals surface area contributed by atoms with Crippen LogP contribution < -0.4 is 4.74 Å². The van der Waals surface area contributed by atoms with Crippen molar-refractivity contribution in [2.75, 3.05) is 7.11 Å². The SMILES string of the molecule is COc1ccc(Cc2ncc3cccc(C)n23)cc1. The third-order valence-electron chi connectivity index (χ3n) is 3.34. The Bertz CT molecular complexity index is 698. The van der Waals surface area contributed by atoms with Crippen molar-refractivity contribution >= 4 is 5.52 Å². The first kappa shape index (κ1) is 11.8. The van der Waals surface area contributed by atoms with Crippen LogP contribution in [0, 0.1) is 6.92 Å². The van der Waals surface area contributed by atoms with Gasteiger partial charge in [-0.2, -0.15) is 0 Å². The first-order chi connectivity index (χ1) is 9.28. The molecule has 0 aliphatic rings. The van der Waals surface area contributed by atoms with Gasteiger partial charge in [0.1, 0.15) is 11.6 Å². The largest absolute Gasteiger partial charge is 0.497 e.